The SMILES string of the molecule is CNCCCn1c(C=O)cc2ccc(C/C=C(\C=C/N)OC)cc21. The molecule has 0 aliphatic carbocycles. The van der Waals surface area contributed by atoms with Crippen LogP contribution in [0.3, 0.4) is 0 Å². The number of rotatable bonds is 9. The van der Waals surface area contributed by atoms with Gasteiger partial charge in [0.15, 0.2) is 6.29 Å². The number of carbonyl (C=O) groups excluding carboxylic acids is 1. The lowest BCUT2D eigenvalue weighted by molar-refractivity contribution is 0.111. The van der Waals surface area contributed by atoms with Gasteiger partial charge in [0.25, 0.3) is 0 Å². The molecule has 1 aromatic heterocycles. The third-order valence-electron chi connectivity index (χ3n) is 3.97. The zero-order valence-corrected chi connectivity index (χ0v) is 14.3. The summed E-state index contributed by atoms with van der Waals surface area (Å²) in [6.45, 7) is 1.74. The van der Waals surface area contributed by atoms with Crippen LogP contribution >= 0.6 is 0 Å². The first-order valence-corrected chi connectivity index (χ1v) is 8.07. The molecule has 0 fully saturated rings. The molecule has 2 aromatic rings. The highest BCUT2D eigenvalue weighted by Crippen LogP contribution is 2.22. The zero-order valence-electron chi connectivity index (χ0n) is 14.3. The van der Waals surface area contributed by atoms with E-state index in [2.05, 4.69) is 28.1 Å². The van der Waals surface area contributed by atoms with Gasteiger partial charge in [-0.15, -0.1) is 0 Å². The largest absolute Gasteiger partial charge is 0.497 e. The molecule has 24 heavy (non-hydrogen) atoms. The molecule has 0 bridgehead atoms. The molecule has 3 N–H and O–H groups in total. The van der Waals surface area contributed by atoms with Crippen LogP contribution in [-0.2, 0) is 17.7 Å². The molecular formula is C19H25N3O2. The Hall–Kier alpha value is -2.53. The van der Waals surface area contributed by atoms with Crippen LogP contribution in [0, 0.1) is 0 Å². The first kappa shape index (κ1) is 17.8. The van der Waals surface area contributed by atoms with Crippen LogP contribution in [0.25, 0.3) is 10.9 Å². The standard InChI is InChI=1S/C19H25N3O2/c1-21-10-3-11-22-17(14-23)13-16-6-4-15(12-19(16)22)5-7-18(24-2)8-9-20/h4,6-9,12-14,21H,3,5,10-11,20H2,1-2H3/b9-8-,18-7+. The zero-order chi connectivity index (χ0) is 17.4. The van der Waals surface area contributed by atoms with Crippen LogP contribution in [0.15, 0.2) is 48.4 Å². The molecule has 1 heterocycles. The number of hydrogen-bond donors (Lipinski definition) is 2. The summed E-state index contributed by atoms with van der Waals surface area (Å²) in [5.41, 5.74) is 8.37. The van der Waals surface area contributed by atoms with Crippen molar-refractivity contribution in [2.75, 3.05) is 20.7 Å². The van der Waals surface area contributed by atoms with Crippen molar-refractivity contribution < 1.29 is 9.53 Å². The minimum absolute atomic E-state index is 0.720. The van der Waals surface area contributed by atoms with Crippen molar-refractivity contribution in [3.8, 4) is 0 Å². The lowest BCUT2D eigenvalue weighted by Crippen LogP contribution is -2.12. The molecular weight excluding hydrogens is 302 g/mol. The highest BCUT2D eigenvalue weighted by Gasteiger charge is 2.08. The van der Waals surface area contributed by atoms with Crippen molar-refractivity contribution in [2.24, 2.45) is 5.73 Å². The molecule has 128 valence electrons. The van der Waals surface area contributed by atoms with E-state index in [1.807, 2.05) is 19.2 Å². The third kappa shape index (κ3) is 4.26. The van der Waals surface area contributed by atoms with Crippen LogP contribution in [0.4, 0.5) is 0 Å². The van der Waals surface area contributed by atoms with Crippen LogP contribution in [0.1, 0.15) is 22.5 Å². The van der Waals surface area contributed by atoms with E-state index in [0.29, 0.717) is 0 Å². The van der Waals surface area contributed by atoms with E-state index in [1.54, 1.807) is 13.2 Å². The van der Waals surface area contributed by atoms with Gasteiger partial charge in [0, 0.05) is 17.4 Å². The summed E-state index contributed by atoms with van der Waals surface area (Å²) in [7, 11) is 3.56. The van der Waals surface area contributed by atoms with Gasteiger partial charge in [-0.05, 0) is 62.5 Å². The number of nitrogens with two attached hydrogens (primary N) is 1. The molecule has 0 spiro atoms. The summed E-state index contributed by atoms with van der Waals surface area (Å²) >= 11 is 0. The first-order valence-electron chi connectivity index (χ1n) is 8.07. The maximum atomic E-state index is 11.4. The maximum absolute atomic E-state index is 11.4. The number of nitrogens with one attached hydrogen (secondary N) is 1. The molecule has 1 aromatic carbocycles. The number of nitrogens with zero attached hydrogens (tertiary/aromatic N) is 1. The first-order chi connectivity index (χ1) is 11.7. The summed E-state index contributed by atoms with van der Waals surface area (Å²) in [4.78, 5) is 11.4. The van der Waals surface area contributed by atoms with E-state index in [4.69, 9.17) is 10.5 Å². The predicted octanol–water partition coefficient (Wildman–Crippen LogP) is 2.61. The number of aryl methyl sites for hydroxylation is 1. The van der Waals surface area contributed by atoms with Gasteiger partial charge in [-0.1, -0.05) is 12.1 Å². The number of carbonyl (C=O) groups is 1. The lowest BCUT2D eigenvalue weighted by Gasteiger charge is -2.08. The summed E-state index contributed by atoms with van der Waals surface area (Å²) in [5, 5.41) is 4.22. The minimum atomic E-state index is 0.720. The van der Waals surface area contributed by atoms with Crippen LogP contribution in [0.2, 0.25) is 0 Å². The minimum Gasteiger partial charge on any atom is -0.497 e. The molecule has 5 nitrogen and oxygen atoms in total. The predicted molar refractivity (Wildman–Crippen MR) is 98.0 cm³/mol. The van der Waals surface area contributed by atoms with E-state index in [9.17, 15) is 4.79 Å². The van der Waals surface area contributed by atoms with E-state index >= 15 is 0 Å². The van der Waals surface area contributed by atoms with E-state index in [-0.39, 0.29) is 0 Å². The van der Waals surface area contributed by atoms with E-state index < -0.39 is 0 Å². The van der Waals surface area contributed by atoms with Gasteiger partial charge >= 0.3 is 0 Å². The lowest BCUT2D eigenvalue weighted by atomic mass is 10.1. The Morgan fingerprint density at radius 2 is 2.21 bits per heavy atom. The van der Waals surface area contributed by atoms with Crippen LogP contribution in [-0.4, -0.2) is 31.6 Å². The van der Waals surface area contributed by atoms with Gasteiger partial charge in [0.1, 0.15) is 5.76 Å². The summed E-state index contributed by atoms with van der Waals surface area (Å²) in [6.07, 6.45) is 7.81. The quantitative estimate of drug-likeness (QED) is 0.321. The van der Waals surface area contributed by atoms with Gasteiger partial charge in [-0.3, -0.25) is 4.79 Å². The van der Waals surface area contributed by atoms with Gasteiger partial charge in [-0.2, -0.15) is 0 Å². The molecule has 0 radical (unpaired) electrons. The van der Waals surface area contributed by atoms with Gasteiger partial charge in [-0.25, -0.2) is 0 Å². The number of hydrogen-bond acceptors (Lipinski definition) is 4. The highest BCUT2D eigenvalue weighted by atomic mass is 16.5. The Bertz CT molecular complexity index is 744. The Labute approximate surface area is 142 Å². The number of aldehydes is 1. The molecule has 5 heteroatoms. The monoisotopic (exact) mass is 327 g/mol. The van der Waals surface area contributed by atoms with Crippen LogP contribution < -0.4 is 11.1 Å². The second-order valence-electron chi connectivity index (χ2n) is 5.56. The Morgan fingerprint density at radius 1 is 1.38 bits per heavy atom. The topological polar surface area (TPSA) is 69.3 Å². The number of fused-ring (bicyclic) bond motifs is 1. The van der Waals surface area contributed by atoms with Gasteiger partial charge in [0.2, 0.25) is 0 Å². The Balaban J connectivity index is 2.30. The molecule has 0 atom stereocenters. The normalized spacial score (nSPS) is 12.2. The van der Waals surface area contributed by atoms with Crippen molar-refractivity contribution in [3.05, 3.63) is 59.6 Å². The second-order valence-corrected chi connectivity index (χ2v) is 5.56. The molecule has 0 saturated carbocycles. The average molecular weight is 327 g/mol. The van der Waals surface area contributed by atoms with E-state index in [0.717, 1.165) is 60.1 Å². The number of aromatic nitrogens is 1. The Kier molecular flexibility index (Phi) is 6.63. The summed E-state index contributed by atoms with van der Waals surface area (Å²) in [6, 6.07) is 8.22. The highest BCUT2D eigenvalue weighted by molar-refractivity contribution is 5.89. The molecule has 0 amide bonds. The third-order valence-corrected chi connectivity index (χ3v) is 3.97. The maximum Gasteiger partial charge on any atom is 0.166 e. The fourth-order valence-corrected chi connectivity index (χ4v) is 2.74. The van der Waals surface area contributed by atoms with Gasteiger partial charge < -0.3 is 20.4 Å². The molecule has 0 aliphatic heterocycles. The van der Waals surface area contributed by atoms with Crippen molar-refractivity contribution >= 4 is 17.2 Å². The van der Waals surface area contributed by atoms with Crippen LogP contribution in [0.5, 0.6) is 0 Å². The van der Waals surface area contributed by atoms with Crippen molar-refractivity contribution in [2.45, 2.75) is 19.4 Å². The van der Waals surface area contributed by atoms with Crippen molar-refractivity contribution in [3.63, 3.8) is 0 Å². The summed E-state index contributed by atoms with van der Waals surface area (Å²) < 4.78 is 7.33. The Morgan fingerprint density at radius 3 is 2.88 bits per heavy atom. The molecule has 2 rings (SSSR count). The fourth-order valence-electron chi connectivity index (χ4n) is 2.74. The van der Waals surface area contributed by atoms with Crippen molar-refractivity contribution in [1.82, 2.24) is 9.88 Å². The van der Waals surface area contributed by atoms with Crippen molar-refractivity contribution in [1.29, 1.82) is 0 Å². The summed E-state index contributed by atoms with van der Waals surface area (Å²) in [5.74, 6) is 0.732. The molecule has 0 unspecified atom stereocenters. The number of ether oxygens (including phenoxy) is 1. The smallest absolute Gasteiger partial charge is 0.166 e. The second kappa shape index (κ2) is 8.93. The number of allylic oxidation sites excluding steroid dienone is 2. The number of methoxy groups -OCH3 is 1. The van der Waals surface area contributed by atoms with E-state index in [1.165, 1.54) is 6.20 Å². The van der Waals surface area contributed by atoms with Gasteiger partial charge in [0.05, 0.1) is 12.8 Å². The fraction of sp³-hybridized carbons (Fsp3) is 0.316. The average Bonchev–Trinajstić information content (AvgIpc) is 2.96. The number of benzene rings is 1. The molecule has 0 aliphatic rings. The molecule has 0 saturated heterocycles.